The van der Waals surface area contributed by atoms with E-state index in [9.17, 15) is 21.0 Å². The maximum atomic E-state index is 9.43. The van der Waals surface area contributed by atoms with Crippen molar-refractivity contribution in [2.45, 2.75) is 155 Å². The summed E-state index contributed by atoms with van der Waals surface area (Å²) in [5.41, 5.74) is 7.64. The molecule has 8 heteroatoms. The molecule has 350 valence electrons. The zero-order valence-electron chi connectivity index (χ0n) is 40.9. The van der Waals surface area contributed by atoms with E-state index >= 15 is 0 Å². The lowest BCUT2D eigenvalue weighted by atomic mass is 9.91. The summed E-state index contributed by atoms with van der Waals surface area (Å²) in [6, 6.07) is 19.9. The minimum atomic E-state index is -0.0177. The van der Waals surface area contributed by atoms with Crippen molar-refractivity contribution >= 4 is 36.5 Å². The number of benzene rings is 3. The van der Waals surface area contributed by atoms with Gasteiger partial charge in [0.1, 0.15) is 58.4 Å². The Labute approximate surface area is 397 Å². The van der Waals surface area contributed by atoms with Crippen LogP contribution in [-0.2, 0) is 12.8 Å². The SMILES string of the molecule is CCCCCCCCCCCCc1cc(/C=C/c2cc(OC)c(C=C(C#N)C#N)cc2OC)c(CCCCCCCCCCCC)cc1/C=C/c1cc(OC)c(C=C(C#N)C#N)cc1OC. The summed E-state index contributed by atoms with van der Waals surface area (Å²) < 4.78 is 23.1. The van der Waals surface area contributed by atoms with Crippen LogP contribution in [-0.4, -0.2) is 28.4 Å². The Bertz CT molecular complexity index is 2060. The average molecular weight is 891 g/mol. The summed E-state index contributed by atoms with van der Waals surface area (Å²) in [6.07, 6.45) is 38.8. The molecule has 66 heavy (non-hydrogen) atoms. The lowest BCUT2D eigenvalue weighted by molar-refractivity contribution is 0.401. The molecule has 0 fully saturated rings. The Morgan fingerprint density at radius 1 is 0.364 bits per heavy atom. The smallest absolute Gasteiger partial charge is 0.130 e. The first-order valence-electron chi connectivity index (χ1n) is 24.4. The Balaban J connectivity index is 2.09. The topological polar surface area (TPSA) is 132 Å². The molecule has 0 amide bonds. The fourth-order valence-corrected chi connectivity index (χ4v) is 8.30. The van der Waals surface area contributed by atoms with E-state index in [1.54, 1.807) is 40.6 Å². The largest absolute Gasteiger partial charge is 0.496 e. The number of aryl methyl sites for hydroxylation is 2. The van der Waals surface area contributed by atoms with Crippen molar-refractivity contribution in [3.05, 3.63) is 92.1 Å². The number of hydrogen-bond acceptors (Lipinski definition) is 8. The number of methoxy groups -OCH3 is 4. The molecular weight excluding hydrogens is 817 g/mol. The van der Waals surface area contributed by atoms with Crippen LogP contribution in [0, 0.1) is 45.3 Å². The number of hydrogen-bond donors (Lipinski definition) is 0. The molecule has 0 N–H and O–H groups in total. The molecule has 0 aliphatic carbocycles. The first-order chi connectivity index (χ1) is 32.3. The van der Waals surface area contributed by atoms with Crippen molar-refractivity contribution in [3.63, 3.8) is 0 Å². The molecule has 0 aromatic heterocycles. The maximum Gasteiger partial charge on any atom is 0.130 e. The summed E-state index contributed by atoms with van der Waals surface area (Å²) in [5.74, 6) is 2.30. The zero-order valence-corrected chi connectivity index (χ0v) is 40.9. The van der Waals surface area contributed by atoms with Gasteiger partial charge in [0.15, 0.2) is 0 Å². The minimum Gasteiger partial charge on any atom is -0.496 e. The molecule has 3 aromatic rings. The van der Waals surface area contributed by atoms with E-state index in [0.717, 1.165) is 47.9 Å². The number of allylic oxidation sites excluding steroid dienone is 2. The molecule has 8 nitrogen and oxygen atoms in total. The number of unbranched alkanes of at least 4 members (excludes halogenated alkanes) is 18. The summed E-state index contributed by atoms with van der Waals surface area (Å²) >= 11 is 0. The van der Waals surface area contributed by atoms with Gasteiger partial charge >= 0.3 is 0 Å². The number of rotatable bonds is 32. The molecule has 0 atom stereocenters. The van der Waals surface area contributed by atoms with Gasteiger partial charge < -0.3 is 18.9 Å². The van der Waals surface area contributed by atoms with Crippen molar-refractivity contribution in [2.75, 3.05) is 28.4 Å². The molecule has 0 radical (unpaired) electrons. The van der Waals surface area contributed by atoms with E-state index < -0.39 is 0 Å². The monoisotopic (exact) mass is 891 g/mol. The molecule has 0 spiro atoms. The van der Waals surface area contributed by atoms with Gasteiger partial charge in [-0.2, -0.15) is 21.0 Å². The summed E-state index contributed by atoms with van der Waals surface area (Å²) in [6.45, 7) is 4.53. The third kappa shape index (κ3) is 18.7. The van der Waals surface area contributed by atoms with Crippen molar-refractivity contribution < 1.29 is 18.9 Å². The van der Waals surface area contributed by atoms with Crippen molar-refractivity contribution in [1.82, 2.24) is 0 Å². The number of nitrogens with zero attached hydrogens (tertiary/aromatic N) is 4. The molecule has 0 aliphatic heterocycles. The van der Waals surface area contributed by atoms with Gasteiger partial charge in [-0.3, -0.25) is 0 Å². The van der Waals surface area contributed by atoms with E-state index in [-0.39, 0.29) is 11.1 Å². The second kappa shape index (κ2) is 32.4. The second-order valence-corrected chi connectivity index (χ2v) is 17.0. The second-order valence-electron chi connectivity index (χ2n) is 17.0. The number of nitriles is 4. The predicted octanol–water partition coefficient (Wildman–Crippen LogP) is 15.8. The maximum absolute atomic E-state index is 9.43. The lowest BCUT2D eigenvalue weighted by Crippen LogP contribution is -1.99. The molecule has 0 saturated heterocycles. The molecule has 3 rings (SSSR count). The Kier molecular flexibility index (Phi) is 26.6. The molecule has 0 aliphatic rings. The number of ether oxygens (including phenoxy) is 4. The predicted molar refractivity (Wildman–Crippen MR) is 273 cm³/mol. The standard InChI is InChI=1S/C58H74N4O4/c1-7-9-11-13-15-17-19-21-23-25-27-47-35-50(30-32-52-38-58(66-6)54(40-56(52)64-4)34-46(43-61)44-62)48(28-26-24-22-20-18-16-14-12-10-8-2)36-49(47)29-31-51-37-57(65-5)53(39-55(51)63-3)33-45(41-59)42-60/h29-40H,7-28H2,1-6H3/b31-29+,32-30+. The van der Waals surface area contributed by atoms with Gasteiger partial charge in [-0.15, -0.1) is 0 Å². The van der Waals surface area contributed by atoms with Crippen LogP contribution in [0.25, 0.3) is 36.5 Å². The van der Waals surface area contributed by atoms with E-state index in [0.29, 0.717) is 34.1 Å². The normalized spacial score (nSPS) is 10.8. The van der Waals surface area contributed by atoms with E-state index in [4.69, 9.17) is 18.9 Å². The highest BCUT2D eigenvalue weighted by Gasteiger charge is 2.14. The highest BCUT2D eigenvalue weighted by Crippen LogP contribution is 2.35. The van der Waals surface area contributed by atoms with Crippen LogP contribution in [0.5, 0.6) is 23.0 Å². The van der Waals surface area contributed by atoms with Crippen molar-refractivity contribution in [1.29, 1.82) is 21.0 Å². The quantitative estimate of drug-likeness (QED) is 0.0344. The van der Waals surface area contributed by atoms with Gasteiger partial charge in [-0.1, -0.05) is 166 Å². The lowest BCUT2D eigenvalue weighted by Gasteiger charge is -2.15. The van der Waals surface area contributed by atoms with Gasteiger partial charge in [0.05, 0.1) is 28.4 Å². The Morgan fingerprint density at radius 3 is 0.909 bits per heavy atom. The summed E-state index contributed by atoms with van der Waals surface area (Å²) in [5, 5.41) is 37.7. The molecule has 3 aromatic carbocycles. The first kappa shape index (κ1) is 54.1. The van der Waals surface area contributed by atoms with Crippen LogP contribution < -0.4 is 18.9 Å². The summed E-state index contributed by atoms with van der Waals surface area (Å²) in [4.78, 5) is 0. The van der Waals surface area contributed by atoms with Gasteiger partial charge in [0.2, 0.25) is 0 Å². The van der Waals surface area contributed by atoms with Crippen LogP contribution >= 0.6 is 0 Å². The zero-order chi connectivity index (χ0) is 47.8. The molecule has 0 heterocycles. The van der Waals surface area contributed by atoms with E-state index in [1.807, 2.05) is 36.4 Å². The fourth-order valence-electron chi connectivity index (χ4n) is 8.30. The van der Waals surface area contributed by atoms with Gasteiger partial charge in [0.25, 0.3) is 0 Å². The minimum absolute atomic E-state index is 0.0177. The third-order valence-electron chi connectivity index (χ3n) is 12.1. The van der Waals surface area contributed by atoms with Gasteiger partial charge in [0, 0.05) is 22.3 Å². The Hall–Kier alpha value is -6.22. The summed E-state index contributed by atoms with van der Waals surface area (Å²) in [7, 11) is 6.40. The van der Waals surface area contributed by atoms with Crippen LogP contribution in [0.15, 0.2) is 47.5 Å². The average Bonchev–Trinajstić information content (AvgIpc) is 3.34. The third-order valence-corrected chi connectivity index (χ3v) is 12.1. The first-order valence-corrected chi connectivity index (χ1v) is 24.4. The fraction of sp³-hybridized carbons (Fsp3) is 0.483. The molecular formula is C58H74N4O4. The van der Waals surface area contributed by atoms with Crippen LogP contribution in [0.4, 0.5) is 0 Å². The van der Waals surface area contributed by atoms with Crippen LogP contribution in [0.2, 0.25) is 0 Å². The van der Waals surface area contributed by atoms with Crippen LogP contribution in [0.1, 0.15) is 187 Å². The van der Waals surface area contributed by atoms with Gasteiger partial charge in [-0.05, 0) is 84.4 Å². The van der Waals surface area contributed by atoms with E-state index in [1.165, 1.54) is 139 Å². The van der Waals surface area contributed by atoms with E-state index in [2.05, 4.69) is 50.3 Å². The molecule has 0 saturated carbocycles. The highest BCUT2D eigenvalue weighted by molar-refractivity contribution is 5.81. The molecule has 0 unspecified atom stereocenters. The Morgan fingerprint density at radius 2 is 0.621 bits per heavy atom. The van der Waals surface area contributed by atoms with Gasteiger partial charge in [-0.25, -0.2) is 0 Å². The highest BCUT2D eigenvalue weighted by atomic mass is 16.5. The van der Waals surface area contributed by atoms with Crippen molar-refractivity contribution in [3.8, 4) is 47.3 Å². The van der Waals surface area contributed by atoms with Crippen LogP contribution in [0.3, 0.4) is 0 Å². The van der Waals surface area contributed by atoms with Crippen molar-refractivity contribution in [2.24, 2.45) is 0 Å². The molecule has 0 bridgehead atoms.